The number of hydrogen-bond acceptors (Lipinski definition) is 4. The van der Waals surface area contributed by atoms with E-state index in [2.05, 4.69) is 0 Å². The second-order valence-corrected chi connectivity index (χ2v) is 4.90. The van der Waals surface area contributed by atoms with Gasteiger partial charge in [-0.05, 0) is 42.6 Å². The molecule has 2 heterocycles. The molecule has 100 valence electrons. The average Bonchev–Trinajstić information content (AvgIpc) is 3.05. The zero-order valence-corrected chi connectivity index (χ0v) is 10.9. The SMILES string of the molecule is O=C(Cl)C1CCCN1C(=O)c1ccc2c(c1)OCO2. The number of halogens is 1. The molecule has 0 saturated carbocycles. The molecule has 19 heavy (non-hydrogen) atoms. The van der Waals surface area contributed by atoms with Crippen LogP contribution in [0.4, 0.5) is 0 Å². The first kappa shape index (κ1) is 12.3. The van der Waals surface area contributed by atoms with Crippen molar-refractivity contribution >= 4 is 22.8 Å². The lowest BCUT2D eigenvalue weighted by Crippen LogP contribution is -2.38. The minimum Gasteiger partial charge on any atom is -0.454 e. The van der Waals surface area contributed by atoms with Gasteiger partial charge in [0, 0.05) is 12.1 Å². The van der Waals surface area contributed by atoms with Crippen LogP contribution < -0.4 is 9.47 Å². The molecular formula is C13H12ClNO4. The van der Waals surface area contributed by atoms with Crippen LogP contribution >= 0.6 is 11.6 Å². The van der Waals surface area contributed by atoms with Crippen molar-refractivity contribution in [2.45, 2.75) is 18.9 Å². The van der Waals surface area contributed by atoms with Gasteiger partial charge in [-0.15, -0.1) is 0 Å². The molecule has 0 bridgehead atoms. The molecule has 2 aliphatic rings. The summed E-state index contributed by atoms with van der Waals surface area (Å²) in [5.74, 6) is 0.983. The number of likely N-dealkylation sites (tertiary alicyclic amines) is 1. The lowest BCUT2D eigenvalue weighted by Gasteiger charge is -2.21. The number of carbonyl (C=O) groups excluding carboxylic acids is 2. The van der Waals surface area contributed by atoms with E-state index >= 15 is 0 Å². The number of hydrogen-bond donors (Lipinski definition) is 0. The Labute approximate surface area is 115 Å². The van der Waals surface area contributed by atoms with Crippen LogP contribution in [0, 0.1) is 0 Å². The van der Waals surface area contributed by atoms with Crippen LogP contribution in [0.1, 0.15) is 23.2 Å². The largest absolute Gasteiger partial charge is 0.454 e. The zero-order chi connectivity index (χ0) is 13.4. The van der Waals surface area contributed by atoms with Crippen molar-refractivity contribution in [3.05, 3.63) is 23.8 Å². The maximum Gasteiger partial charge on any atom is 0.254 e. The Morgan fingerprint density at radius 1 is 1.26 bits per heavy atom. The van der Waals surface area contributed by atoms with E-state index in [1.807, 2.05) is 0 Å². The van der Waals surface area contributed by atoms with E-state index in [9.17, 15) is 9.59 Å². The molecule has 5 nitrogen and oxygen atoms in total. The highest BCUT2D eigenvalue weighted by molar-refractivity contribution is 6.64. The first-order chi connectivity index (χ1) is 9.16. The minimum absolute atomic E-state index is 0.166. The predicted octanol–water partition coefficient (Wildman–Crippen LogP) is 1.79. The number of rotatable bonds is 2. The standard InChI is InChI=1S/C13H12ClNO4/c14-12(16)9-2-1-5-15(9)13(17)8-3-4-10-11(6-8)19-7-18-10/h3-4,6,9H,1-2,5,7H2. The molecule has 0 spiro atoms. The van der Waals surface area contributed by atoms with Crippen molar-refractivity contribution in [2.24, 2.45) is 0 Å². The number of fused-ring (bicyclic) bond motifs is 1. The third kappa shape index (κ3) is 2.14. The van der Waals surface area contributed by atoms with Crippen LogP contribution in [0.5, 0.6) is 11.5 Å². The summed E-state index contributed by atoms with van der Waals surface area (Å²) in [5.41, 5.74) is 0.481. The second-order valence-electron chi connectivity index (χ2n) is 4.53. The lowest BCUT2D eigenvalue weighted by molar-refractivity contribution is -0.115. The number of benzene rings is 1. The van der Waals surface area contributed by atoms with E-state index < -0.39 is 11.3 Å². The molecule has 0 radical (unpaired) electrons. The van der Waals surface area contributed by atoms with Gasteiger partial charge in [-0.3, -0.25) is 9.59 Å². The highest BCUT2D eigenvalue weighted by atomic mass is 35.5. The molecule has 1 aromatic carbocycles. The summed E-state index contributed by atoms with van der Waals surface area (Å²) in [6, 6.07) is 4.49. The first-order valence-corrected chi connectivity index (χ1v) is 6.44. The van der Waals surface area contributed by atoms with E-state index in [0.29, 0.717) is 30.0 Å². The molecule has 2 aliphatic heterocycles. The molecular weight excluding hydrogens is 270 g/mol. The molecule has 0 aromatic heterocycles. The summed E-state index contributed by atoms with van der Waals surface area (Å²) in [6.45, 7) is 0.718. The Morgan fingerprint density at radius 3 is 2.84 bits per heavy atom. The monoisotopic (exact) mass is 281 g/mol. The number of carbonyl (C=O) groups is 2. The van der Waals surface area contributed by atoms with Crippen LogP contribution in [0.15, 0.2) is 18.2 Å². The number of ether oxygens (including phenoxy) is 2. The van der Waals surface area contributed by atoms with Crippen molar-refractivity contribution < 1.29 is 19.1 Å². The highest BCUT2D eigenvalue weighted by Gasteiger charge is 2.34. The molecule has 3 rings (SSSR count). The third-order valence-electron chi connectivity index (χ3n) is 3.40. The molecule has 1 aromatic rings. The topological polar surface area (TPSA) is 55.8 Å². The van der Waals surface area contributed by atoms with Crippen molar-refractivity contribution in [3.8, 4) is 11.5 Å². The molecule has 0 aliphatic carbocycles. The van der Waals surface area contributed by atoms with Crippen molar-refractivity contribution in [2.75, 3.05) is 13.3 Å². The lowest BCUT2D eigenvalue weighted by atomic mass is 10.1. The Hall–Kier alpha value is -1.75. The Morgan fingerprint density at radius 2 is 2.05 bits per heavy atom. The molecule has 1 amide bonds. The van der Waals surface area contributed by atoms with E-state index in [1.54, 1.807) is 18.2 Å². The smallest absolute Gasteiger partial charge is 0.254 e. The Kier molecular flexibility index (Phi) is 3.06. The number of nitrogens with zero attached hydrogens (tertiary/aromatic N) is 1. The van der Waals surface area contributed by atoms with Gasteiger partial charge in [-0.1, -0.05) is 0 Å². The fourth-order valence-electron chi connectivity index (χ4n) is 2.44. The predicted molar refractivity (Wildman–Crippen MR) is 67.5 cm³/mol. The summed E-state index contributed by atoms with van der Waals surface area (Å²) >= 11 is 5.53. The van der Waals surface area contributed by atoms with Crippen LogP contribution in [0.2, 0.25) is 0 Å². The maximum atomic E-state index is 12.4. The summed E-state index contributed by atoms with van der Waals surface area (Å²) in [4.78, 5) is 25.2. The van der Waals surface area contributed by atoms with Gasteiger partial charge in [0.2, 0.25) is 12.0 Å². The van der Waals surface area contributed by atoms with E-state index in [0.717, 1.165) is 6.42 Å². The van der Waals surface area contributed by atoms with Gasteiger partial charge < -0.3 is 14.4 Å². The van der Waals surface area contributed by atoms with Gasteiger partial charge in [0.1, 0.15) is 6.04 Å². The zero-order valence-electron chi connectivity index (χ0n) is 10.1. The van der Waals surface area contributed by atoms with Gasteiger partial charge >= 0.3 is 0 Å². The Balaban J connectivity index is 1.85. The summed E-state index contributed by atoms with van der Waals surface area (Å²) in [5, 5.41) is -0.480. The summed E-state index contributed by atoms with van der Waals surface area (Å²) < 4.78 is 10.4. The van der Waals surface area contributed by atoms with Crippen LogP contribution in [0.25, 0.3) is 0 Å². The second kappa shape index (κ2) is 4.74. The van der Waals surface area contributed by atoms with Crippen LogP contribution in [-0.2, 0) is 4.79 Å². The number of amides is 1. The molecule has 1 unspecified atom stereocenters. The van der Waals surface area contributed by atoms with Crippen molar-refractivity contribution in [1.29, 1.82) is 0 Å². The van der Waals surface area contributed by atoms with Crippen molar-refractivity contribution in [3.63, 3.8) is 0 Å². The van der Waals surface area contributed by atoms with Gasteiger partial charge in [0.15, 0.2) is 11.5 Å². The van der Waals surface area contributed by atoms with Gasteiger partial charge in [-0.25, -0.2) is 0 Å². The Bertz CT molecular complexity index is 545. The van der Waals surface area contributed by atoms with E-state index in [-0.39, 0.29) is 12.7 Å². The quantitative estimate of drug-likeness (QED) is 0.776. The van der Waals surface area contributed by atoms with Crippen molar-refractivity contribution in [1.82, 2.24) is 4.90 Å². The van der Waals surface area contributed by atoms with E-state index in [1.165, 1.54) is 4.90 Å². The molecule has 0 N–H and O–H groups in total. The third-order valence-corrected chi connectivity index (χ3v) is 3.65. The van der Waals surface area contributed by atoms with Gasteiger partial charge in [-0.2, -0.15) is 0 Å². The normalized spacial score (nSPS) is 20.7. The average molecular weight is 282 g/mol. The van der Waals surface area contributed by atoms with Crippen LogP contribution in [0.3, 0.4) is 0 Å². The molecule has 1 atom stereocenters. The molecule has 1 saturated heterocycles. The summed E-state index contributed by atoms with van der Waals surface area (Å²) in [7, 11) is 0. The fraction of sp³-hybridized carbons (Fsp3) is 0.385. The van der Waals surface area contributed by atoms with Gasteiger partial charge in [0.25, 0.3) is 5.91 Å². The van der Waals surface area contributed by atoms with Crippen LogP contribution in [-0.4, -0.2) is 35.4 Å². The minimum atomic E-state index is -0.514. The maximum absolute atomic E-state index is 12.4. The molecule has 6 heteroatoms. The summed E-state index contributed by atoms with van der Waals surface area (Å²) in [6.07, 6.45) is 1.41. The van der Waals surface area contributed by atoms with Gasteiger partial charge in [0.05, 0.1) is 0 Å². The highest BCUT2D eigenvalue weighted by Crippen LogP contribution is 2.33. The molecule has 1 fully saturated rings. The van der Waals surface area contributed by atoms with E-state index in [4.69, 9.17) is 21.1 Å². The first-order valence-electron chi connectivity index (χ1n) is 6.07. The fourth-order valence-corrected chi connectivity index (χ4v) is 2.67.